The Morgan fingerprint density at radius 1 is 1.06 bits per heavy atom. The first kappa shape index (κ1) is 23.3. The number of pyridine rings is 1. The highest BCUT2D eigenvalue weighted by molar-refractivity contribution is 7.99. The number of carbonyl (C=O) groups is 1. The Labute approximate surface area is 200 Å². The lowest BCUT2D eigenvalue weighted by molar-refractivity contribution is -0.118. The lowest BCUT2D eigenvalue weighted by atomic mass is 10.1. The maximum atomic E-state index is 12.4. The maximum absolute atomic E-state index is 12.4. The zero-order chi connectivity index (χ0) is 23.2. The second-order valence-electron chi connectivity index (χ2n) is 8.44. The van der Waals surface area contributed by atoms with Crippen LogP contribution in [0, 0.1) is 13.8 Å². The molecular formula is C25H32N6OS. The zero-order valence-corrected chi connectivity index (χ0v) is 20.4. The van der Waals surface area contributed by atoms with E-state index in [9.17, 15) is 4.79 Å². The summed E-state index contributed by atoms with van der Waals surface area (Å²) >= 11 is 1.44. The topological polar surface area (TPSA) is 66.3 Å². The third-order valence-corrected chi connectivity index (χ3v) is 6.83. The predicted molar refractivity (Wildman–Crippen MR) is 134 cm³/mol. The number of piperazine rings is 1. The summed E-state index contributed by atoms with van der Waals surface area (Å²) in [5.41, 5.74) is 4.47. The second-order valence-corrected chi connectivity index (χ2v) is 9.38. The number of imidazole rings is 1. The minimum Gasteiger partial charge on any atom is -0.354 e. The van der Waals surface area contributed by atoms with E-state index in [4.69, 9.17) is 0 Å². The van der Waals surface area contributed by atoms with Crippen molar-refractivity contribution in [2.45, 2.75) is 32.5 Å². The molecule has 8 heteroatoms. The van der Waals surface area contributed by atoms with Gasteiger partial charge in [0.15, 0.2) is 5.16 Å². The Balaban J connectivity index is 1.26. The van der Waals surface area contributed by atoms with Crippen LogP contribution in [0.4, 0.5) is 5.82 Å². The number of aromatic nitrogens is 3. The molecule has 4 rings (SSSR count). The summed E-state index contributed by atoms with van der Waals surface area (Å²) in [6, 6.07) is 10.5. The standard InChI is InChI=1S/C25H32N6OS/c1-4-29-9-11-30(12-10-29)23-6-5-21(16-27-23)17-28-24(32)18-33-25-26-7-8-31(25)22-14-19(2)13-20(3)15-22/h5-8,13-16H,4,9-12,17-18H2,1-3H3,(H,28,32). The molecule has 1 fully saturated rings. The molecule has 1 N–H and O–H groups in total. The van der Waals surface area contributed by atoms with Crippen molar-refractivity contribution >= 4 is 23.5 Å². The molecule has 1 aliphatic heterocycles. The molecule has 33 heavy (non-hydrogen) atoms. The largest absolute Gasteiger partial charge is 0.354 e. The van der Waals surface area contributed by atoms with Crippen molar-refractivity contribution in [2.75, 3.05) is 43.4 Å². The highest BCUT2D eigenvalue weighted by Gasteiger charge is 2.16. The average Bonchev–Trinajstić information content (AvgIpc) is 3.30. The van der Waals surface area contributed by atoms with Crippen LogP contribution in [0.5, 0.6) is 0 Å². The number of hydrogen-bond donors (Lipinski definition) is 1. The molecule has 1 aliphatic rings. The Kier molecular flexibility index (Phi) is 7.67. The van der Waals surface area contributed by atoms with Crippen molar-refractivity contribution in [3.63, 3.8) is 0 Å². The minimum atomic E-state index is -0.0188. The number of carbonyl (C=O) groups excluding carboxylic acids is 1. The van der Waals surface area contributed by atoms with Gasteiger partial charge in [0.05, 0.1) is 5.75 Å². The lowest BCUT2D eigenvalue weighted by Gasteiger charge is -2.34. The fourth-order valence-corrected chi connectivity index (χ4v) is 4.87. The molecule has 0 bridgehead atoms. The Bertz CT molecular complexity index is 1050. The number of amides is 1. The highest BCUT2D eigenvalue weighted by Crippen LogP contribution is 2.22. The van der Waals surface area contributed by atoms with Crippen molar-refractivity contribution in [3.8, 4) is 5.69 Å². The van der Waals surface area contributed by atoms with Crippen LogP contribution in [0.25, 0.3) is 5.69 Å². The van der Waals surface area contributed by atoms with Gasteiger partial charge in [-0.15, -0.1) is 0 Å². The molecule has 2 aromatic heterocycles. The molecular weight excluding hydrogens is 432 g/mol. The number of nitrogens with zero attached hydrogens (tertiary/aromatic N) is 5. The average molecular weight is 465 g/mol. The molecule has 0 atom stereocenters. The predicted octanol–water partition coefficient (Wildman–Crippen LogP) is 3.43. The van der Waals surface area contributed by atoms with Gasteiger partial charge in [0.25, 0.3) is 0 Å². The molecule has 174 valence electrons. The summed E-state index contributed by atoms with van der Waals surface area (Å²) in [4.78, 5) is 26.3. The number of aryl methyl sites for hydroxylation is 2. The van der Waals surface area contributed by atoms with Gasteiger partial charge in [-0.1, -0.05) is 30.8 Å². The van der Waals surface area contributed by atoms with Gasteiger partial charge in [0.1, 0.15) is 5.82 Å². The lowest BCUT2D eigenvalue weighted by Crippen LogP contribution is -2.46. The molecule has 1 saturated heterocycles. The van der Waals surface area contributed by atoms with Crippen LogP contribution < -0.4 is 10.2 Å². The van der Waals surface area contributed by atoms with Crippen LogP contribution in [-0.2, 0) is 11.3 Å². The molecule has 3 aromatic rings. The molecule has 1 aromatic carbocycles. The summed E-state index contributed by atoms with van der Waals surface area (Å²) in [6.45, 7) is 12.1. The van der Waals surface area contributed by atoms with Crippen LogP contribution in [0.3, 0.4) is 0 Å². The van der Waals surface area contributed by atoms with Crippen molar-refractivity contribution in [1.82, 2.24) is 24.8 Å². The summed E-state index contributed by atoms with van der Waals surface area (Å²) in [5, 5.41) is 3.80. The third kappa shape index (κ3) is 6.15. The fraction of sp³-hybridized carbons (Fsp3) is 0.400. The molecule has 0 saturated carbocycles. The molecule has 0 aliphatic carbocycles. The Morgan fingerprint density at radius 2 is 1.82 bits per heavy atom. The zero-order valence-electron chi connectivity index (χ0n) is 19.6. The van der Waals surface area contributed by atoms with Gasteiger partial charge in [0.2, 0.25) is 5.91 Å². The van der Waals surface area contributed by atoms with Crippen LogP contribution in [-0.4, -0.2) is 63.8 Å². The molecule has 7 nitrogen and oxygen atoms in total. The second kappa shape index (κ2) is 10.9. The van der Waals surface area contributed by atoms with E-state index in [0.717, 1.165) is 54.9 Å². The summed E-state index contributed by atoms with van der Waals surface area (Å²) in [5.74, 6) is 1.30. The van der Waals surface area contributed by atoms with Gasteiger partial charge in [-0.25, -0.2) is 9.97 Å². The van der Waals surface area contributed by atoms with Gasteiger partial charge < -0.3 is 15.1 Å². The minimum absolute atomic E-state index is 0.0188. The summed E-state index contributed by atoms with van der Waals surface area (Å²) in [7, 11) is 0. The number of hydrogen-bond acceptors (Lipinski definition) is 6. The van der Waals surface area contributed by atoms with E-state index in [0.29, 0.717) is 12.3 Å². The fourth-order valence-electron chi connectivity index (χ4n) is 4.07. The van der Waals surface area contributed by atoms with Gasteiger partial charge in [-0.05, 0) is 55.3 Å². The van der Waals surface area contributed by atoms with E-state index in [1.54, 1.807) is 6.20 Å². The first-order valence-electron chi connectivity index (χ1n) is 11.5. The van der Waals surface area contributed by atoms with Crippen LogP contribution in [0.15, 0.2) is 54.1 Å². The normalized spacial score (nSPS) is 14.5. The van der Waals surface area contributed by atoms with Crippen LogP contribution in [0.2, 0.25) is 0 Å². The van der Waals surface area contributed by atoms with Crippen molar-refractivity contribution in [1.29, 1.82) is 0 Å². The van der Waals surface area contributed by atoms with Crippen LogP contribution >= 0.6 is 11.8 Å². The number of benzene rings is 1. The van der Waals surface area contributed by atoms with E-state index >= 15 is 0 Å². The molecule has 3 heterocycles. The monoisotopic (exact) mass is 464 g/mol. The van der Waals surface area contributed by atoms with E-state index in [1.807, 2.05) is 17.0 Å². The number of likely N-dealkylation sites (N-methyl/N-ethyl adjacent to an activating group) is 1. The molecule has 0 unspecified atom stereocenters. The quantitative estimate of drug-likeness (QED) is 0.515. The number of thioether (sulfide) groups is 1. The third-order valence-electron chi connectivity index (χ3n) is 5.87. The smallest absolute Gasteiger partial charge is 0.230 e. The van der Waals surface area contributed by atoms with Gasteiger partial charge in [-0.2, -0.15) is 0 Å². The van der Waals surface area contributed by atoms with Gasteiger partial charge in [0, 0.05) is 57.0 Å². The number of nitrogens with one attached hydrogen (secondary N) is 1. The first-order valence-corrected chi connectivity index (χ1v) is 12.4. The van der Waals surface area contributed by atoms with Crippen molar-refractivity contribution in [2.24, 2.45) is 0 Å². The van der Waals surface area contributed by atoms with Crippen LogP contribution in [0.1, 0.15) is 23.6 Å². The van der Waals surface area contributed by atoms with E-state index in [1.165, 1.54) is 22.9 Å². The summed E-state index contributed by atoms with van der Waals surface area (Å²) in [6.07, 6.45) is 5.57. The SMILES string of the molecule is CCN1CCN(c2ccc(CNC(=O)CSc3nccn3-c3cc(C)cc(C)c3)cn2)CC1. The number of rotatable bonds is 8. The molecule has 1 amide bonds. The van der Waals surface area contributed by atoms with Gasteiger partial charge >= 0.3 is 0 Å². The van der Waals surface area contributed by atoms with Crippen molar-refractivity contribution in [3.05, 3.63) is 65.6 Å². The highest BCUT2D eigenvalue weighted by atomic mass is 32.2. The van der Waals surface area contributed by atoms with E-state index in [-0.39, 0.29) is 5.91 Å². The van der Waals surface area contributed by atoms with Crippen molar-refractivity contribution < 1.29 is 4.79 Å². The Hall–Kier alpha value is -2.84. The van der Waals surface area contributed by atoms with E-state index < -0.39 is 0 Å². The summed E-state index contributed by atoms with van der Waals surface area (Å²) < 4.78 is 2.03. The maximum Gasteiger partial charge on any atom is 0.230 e. The Morgan fingerprint density at radius 3 is 2.48 bits per heavy atom. The molecule has 0 radical (unpaired) electrons. The van der Waals surface area contributed by atoms with E-state index in [2.05, 4.69) is 76.2 Å². The van der Waals surface area contributed by atoms with Gasteiger partial charge in [-0.3, -0.25) is 9.36 Å². The molecule has 0 spiro atoms. The number of anilines is 1. The first-order chi connectivity index (χ1) is 16.0.